The van der Waals surface area contributed by atoms with Crippen LogP contribution in [0.2, 0.25) is 0 Å². The molecule has 17 heteroatoms. The predicted molar refractivity (Wildman–Crippen MR) is 284 cm³/mol. The Kier molecular flexibility index (Phi) is 21.7. The van der Waals surface area contributed by atoms with Crippen molar-refractivity contribution in [2.24, 2.45) is 0 Å². The second-order valence-electron chi connectivity index (χ2n) is 19.7. The van der Waals surface area contributed by atoms with Crippen LogP contribution in [-0.4, -0.2) is 148 Å². The number of nitrogens with zero attached hydrogens (tertiary/aromatic N) is 6. The minimum atomic E-state index is -1.09. The van der Waals surface area contributed by atoms with Crippen molar-refractivity contribution in [1.29, 1.82) is 0 Å². The normalized spacial score (nSPS) is 18.1. The maximum absolute atomic E-state index is 13.9. The maximum atomic E-state index is 13.9. The largest absolute Gasteiger partial charge is 0.478 e. The smallest absolute Gasteiger partial charge is 0.410 e. The lowest BCUT2D eigenvalue weighted by Gasteiger charge is -2.30. The monoisotopic (exact) mass is 1020 g/mol. The summed E-state index contributed by atoms with van der Waals surface area (Å²) in [6.45, 7) is 13.7. The van der Waals surface area contributed by atoms with E-state index in [1.54, 1.807) is 21.9 Å². The van der Waals surface area contributed by atoms with Gasteiger partial charge in [0, 0.05) is 133 Å². The number of hydrogen-bond donors (Lipinski definition) is 3. The minimum Gasteiger partial charge on any atom is -0.478 e. The Hall–Kier alpha value is -6.33. The van der Waals surface area contributed by atoms with Crippen molar-refractivity contribution in [3.63, 3.8) is 0 Å². The van der Waals surface area contributed by atoms with Crippen molar-refractivity contribution in [3.8, 4) is 0 Å². The highest BCUT2D eigenvalue weighted by molar-refractivity contribution is 5.96. The van der Waals surface area contributed by atoms with Gasteiger partial charge in [0.15, 0.2) is 0 Å². The molecule has 0 aromatic heterocycles. The summed E-state index contributed by atoms with van der Waals surface area (Å²) in [5, 5.41) is 15.3. The summed E-state index contributed by atoms with van der Waals surface area (Å²) in [6.07, 6.45) is 13.5. The predicted octanol–water partition coefficient (Wildman–Crippen LogP) is 9.05. The van der Waals surface area contributed by atoms with Gasteiger partial charge in [-0.3, -0.25) is 9.59 Å². The lowest BCUT2D eigenvalue weighted by Crippen LogP contribution is -2.46. The summed E-state index contributed by atoms with van der Waals surface area (Å²) in [7, 11) is 0. The molecule has 3 amide bonds. The molecule has 6 heterocycles. The van der Waals surface area contributed by atoms with E-state index >= 15 is 0 Å². The lowest BCUT2D eigenvalue weighted by molar-refractivity contribution is 0.0692. The van der Waals surface area contributed by atoms with Crippen LogP contribution in [-0.2, 0) is 11.3 Å². The van der Waals surface area contributed by atoms with Gasteiger partial charge in [0.2, 0.25) is 0 Å². The first-order valence-corrected chi connectivity index (χ1v) is 26.9. The van der Waals surface area contributed by atoms with Gasteiger partial charge in [-0.25, -0.2) is 22.8 Å². The number of benzene rings is 4. The number of rotatable bonds is 8. The Morgan fingerprint density at radius 2 is 0.784 bits per heavy atom. The number of hydrogen-bond acceptors (Lipinski definition) is 10. The van der Waals surface area contributed by atoms with E-state index in [2.05, 4.69) is 20.4 Å². The quantitative estimate of drug-likeness (QED) is 0.156. The van der Waals surface area contributed by atoms with E-state index < -0.39 is 11.8 Å². The van der Waals surface area contributed by atoms with Crippen LogP contribution >= 0.6 is 0 Å². The van der Waals surface area contributed by atoms with E-state index in [1.165, 1.54) is 49.9 Å². The average molecular weight is 1030 g/mol. The number of piperazine rings is 2. The van der Waals surface area contributed by atoms with Crippen LogP contribution in [0, 0.1) is 17.5 Å². The fraction of sp³-hybridized carbons (Fsp3) is 0.509. The molecule has 0 spiro atoms. The van der Waals surface area contributed by atoms with Gasteiger partial charge in [-0.05, 0) is 137 Å². The van der Waals surface area contributed by atoms with Crippen LogP contribution in [0.4, 0.5) is 35.0 Å². The zero-order valence-electron chi connectivity index (χ0n) is 42.9. The number of amides is 3. The molecule has 0 aliphatic carbocycles. The summed E-state index contributed by atoms with van der Waals surface area (Å²) in [5.74, 6) is -2.28. The van der Waals surface area contributed by atoms with Gasteiger partial charge >= 0.3 is 12.1 Å². The number of anilines is 3. The van der Waals surface area contributed by atoms with Crippen LogP contribution in [0.3, 0.4) is 0 Å². The number of piperidine rings is 4. The fourth-order valence-corrected chi connectivity index (χ4v) is 10.1. The van der Waals surface area contributed by atoms with Crippen molar-refractivity contribution in [1.82, 2.24) is 25.3 Å². The first kappa shape index (κ1) is 55.4. The molecule has 6 fully saturated rings. The summed E-state index contributed by atoms with van der Waals surface area (Å²) < 4.78 is 46.3. The number of aromatic carboxylic acids is 1. The van der Waals surface area contributed by atoms with Crippen molar-refractivity contribution in [3.05, 3.63) is 125 Å². The third kappa shape index (κ3) is 17.1. The van der Waals surface area contributed by atoms with Gasteiger partial charge in [0.25, 0.3) is 11.8 Å². The van der Waals surface area contributed by atoms with E-state index in [0.717, 1.165) is 166 Å². The average Bonchev–Trinajstić information content (AvgIpc) is 3.46. The second kappa shape index (κ2) is 28.9. The van der Waals surface area contributed by atoms with E-state index in [4.69, 9.17) is 9.84 Å². The Balaban J connectivity index is 0.000000145. The molecule has 14 nitrogen and oxygen atoms in total. The minimum absolute atomic E-state index is 0.0144. The molecule has 0 radical (unpaired) electrons. The van der Waals surface area contributed by atoms with Crippen LogP contribution in [0.15, 0.2) is 84.9 Å². The van der Waals surface area contributed by atoms with Crippen molar-refractivity contribution in [2.45, 2.75) is 83.7 Å². The number of nitrogens with one attached hydrogen (secondary N) is 2. The molecule has 6 aliphatic rings. The lowest BCUT2D eigenvalue weighted by atomic mass is 10.1. The summed E-state index contributed by atoms with van der Waals surface area (Å²) in [5.41, 5.74) is 4.38. The first-order chi connectivity index (χ1) is 36.0. The topological polar surface area (TPSA) is 141 Å². The van der Waals surface area contributed by atoms with Gasteiger partial charge in [0.1, 0.15) is 24.1 Å². The molecule has 0 saturated carbocycles. The fourth-order valence-electron chi connectivity index (χ4n) is 10.1. The van der Waals surface area contributed by atoms with E-state index in [0.29, 0.717) is 36.5 Å². The number of carbonyl (C=O) groups excluding carboxylic acids is 3. The molecule has 0 unspecified atom stereocenters. The van der Waals surface area contributed by atoms with Crippen LogP contribution in [0.5, 0.6) is 0 Å². The van der Waals surface area contributed by atoms with E-state index in [-0.39, 0.29) is 35.1 Å². The Labute approximate surface area is 434 Å². The van der Waals surface area contributed by atoms with Gasteiger partial charge in [0.05, 0.1) is 5.56 Å². The highest BCUT2D eigenvalue weighted by atomic mass is 19.1. The molecule has 0 atom stereocenters. The number of carboxylic acids is 1. The zero-order chi connectivity index (χ0) is 52.1. The van der Waals surface area contributed by atoms with Gasteiger partial charge < -0.3 is 49.9 Å². The summed E-state index contributed by atoms with van der Waals surface area (Å²) in [6, 6.07) is 23.3. The molecule has 0 bridgehead atoms. The van der Waals surface area contributed by atoms with Crippen molar-refractivity contribution >= 4 is 40.9 Å². The highest BCUT2D eigenvalue weighted by Crippen LogP contribution is 2.26. The van der Waals surface area contributed by atoms with Crippen LogP contribution < -0.4 is 25.3 Å². The molecule has 6 aliphatic heterocycles. The SMILES string of the molecule is O=C(O)c1cc(F)cc(N2CCCCC2)c1.O=C(OCc1ccccc1)N1CCNCC1.O=C(c1cc(F)cc(N2CCCCC2)c1)N1CCCCC1.O=C(c1cc(F)cc(N2CCCCC2)c1)N1CCNCC1. The molecule has 10 rings (SSSR count). The molecule has 3 N–H and O–H groups in total. The summed E-state index contributed by atoms with van der Waals surface area (Å²) >= 11 is 0. The molecule has 6 saturated heterocycles. The summed E-state index contributed by atoms with van der Waals surface area (Å²) in [4.78, 5) is 59.3. The molecular weight excluding hydrogens is 950 g/mol. The number of ether oxygens (including phenoxy) is 1. The van der Waals surface area contributed by atoms with E-state index in [1.807, 2.05) is 52.3 Å². The number of carboxylic acid groups (broad SMARTS) is 1. The first-order valence-electron chi connectivity index (χ1n) is 26.9. The standard InChI is InChI=1S/C17H23FN2O.C16H22FN3O.C12H14FNO2.C12H16N2O2/c18-15-11-14(17(21)20-9-5-2-6-10-20)12-16(13-15)19-7-3-1-4-8-19;17-14-10-13(16(21)20-8-4-18-5-9-20)11-15(12-14)19-6-2-1-3-7-19;13-10-6-9(12(15)16)7-11(8-10)14-4-2-1-3-5-14;15-12(14-8-6-13-7-9-14)16-10-11-4-2-1-3-5-11/h11-13H,1-10H2;10-12,18H,1-9H2;6-8H,1-5H2,(H,15,16);1-5,13H,6-10H2. The third-order valence-electron chi connectivity index (χ3n) is 14.2. The molecule has 74 heavy (non-hydrogen) atoms. The molecule has 4 aromatic rings. The highest BCUT2D eigenvalue weighted by Gasteiger charge is 2.23. The number of carbonyl (C=O) groups is 4. The molecule has 400 valence electrons. The van der Waals surface area contributed by atoms with Crippen molar-refractivity contribution in [2.75, 3.05) is 119 Å². The Bertz CT molecular complexity index is 2320. The molecule has 4 aromatic carbocycles. The van der Waals surface area contributed by atoms with Gasteiger partial charge in [-0.1, -0.05) is 30.3 Å². The van der Waals surface area contributed by atoms with Crippen LogP contribution in [0.25, 0.3) is 0 Å². The van der Waals surface area contributed by atoms with Gasteiger partial charge in [-0.15, -0.1) is 0 Å². The second-order valence-corrected chi connectivity index (χ2v) is 19.7. The van der Waals surface area contributed by atoms with Crippen molar-refractivity contribution < 1.29 is 42.2 Å². The maximum Gasteiger partial charge on any atom is 0.410 e. The zero-order valence-corrected chi connectivity index (χ0v) is 42.9. The van der Waals surface area contributed by atoms with Gasteiger partial charge in [-0.2, -0.15) is 0 Å². The third-order valence-corrected chi connectivity index (χ3v) is 14.2. The van der Waals surface area contributed by atoms with Crippen LogP contribution in [0.1, 0.15) is 114 Å². The number of halogens is 3. The number of likely N-dealkylation sites (tertiary alicyclic amines) is 1. The van der Waals surface area contributed by atoms with E-state index in [9.17, 15) is 32.3 Å². The Morgan fingerprint density at radius 3 is 1.19 bits per heavy atom. The Morgan fingerprint density at radius 1 is 0.432 bits per heavy atom. The molecular formula is C57H75F3N8O6.